The molecule has 0 saturated heterocycles. The minimum atomic E-state index is -3.82. The zero-order chi connectivity index (χ0) is 17.3. The lowest BCUT2D eigenvalue weighted by Crippen LogP contribution is -2.14. The summed E-state index contributed by atoms with van der Waals surface area (Å²) in [7, 11) is -2.06. The maximum absolute atomic E-state index is 12.7. The van der Waals surface area contributed by atoms with Crippen molar-refractivity contribution in [3.05, 3.63) is 36.3 Å². The van der Waals surface area contributed by atoms with Gasteiger partial charge in [0.05, 0.1) is 12.3 Å². The molecule has 0 amide bonds. The van der Waals surface area contributed by atoms with Crippen LogP contribution in [0.25, 0.3) is 11.0 Å². The molecule has 0 unspecified atom stereocenters. The third kappa shape index (κ3) is 2.90. The van der Waals surface area contributed by atoms with Crippen molar-refractivity contribution >= 4 is 26.7 Å². The quantitative estimate of drug-likeness (QED) is 0.756. The van der Waals surface area contributed by atoms with Crippen LogP contribution in [0.4, 0.5) is 5.69 Å². The fourth-order valence-electron chi connectivity index (χ4n) is 2.36. The highest BCUT2D eigenvalue weighted by Crippen LogP contribution is 2.25. The summed E-state index contributed by atoms with van der Waals surface area (Å²) in [4.78, 5) is 8.29. The summed E-state index contributed by atoms with van der Waals surface area (Å²) in [5.74, 6) is 0.232. The van der Waals surface area contributed by atoms with E-state index in [9.17, 15) is 8.42 Å². The summed E-state index contributed by atoms with van der Waals surface area (Å²) < 4.78 is 34.8. The summed E-state index contributed by atoms with van der Waals surface area (Å²) in [5.41, 5.74) is 1.62. The Morgan fingerprint density at radius 3 is 2.88 bits per heavy atom. The molecular weight excluding hydrogens is 330 g/mol. The maximum Gasteiger partial charge on any atom is 0.263 e. The molecule has 0 aliphatic rings. The molecular formula is C15H17N5O3S. The first-order valence-electron chi connectivity index (χ1n) is 7.32. The average Bonchev–Trinajstić information content (AvgIpc) is 2.83. The second kappa shape index (κ2) is 6.08. The van der Waals surface area contributed by atoms with Crippen molar-refractivity contribution in [2.24, 2.45) is 7.05 Å². The number of aromatic nitrogens is 4. The first-order chi connectivity index (χ1) is 11.4. The van der Waals surface area contributed by atoms with Gasteiger partial charge in [-0.05, 0) is 32.0 Å². The van der Waals surface area contributed by atoms with Crippen LogP contribution in [0.1, 0.15) is 12.6 Å². The van der Waals surface area contributed by atoms with E-state index in [0.717, 1.165) is 0 Å². The minimum Gasteiger partial charge on any atom is -0.476 e. The van der Waals surface area contributed by atoms with E-state index >= 15 is 0 Å². The molecule has 3 aromatic rings. The van der Waals surface area contributed by atoms with E-state index in [-0.39, 0.29) is 16.5 Å². The molecule has 0 radical (unpaired) electrons. The van der Waals surface area contributed by atoms with Crippen LogP contribution in [0, 0.1) is 6.92 Å². The fraction of sp³-hybridized carbons (Fsp3) is 0.267. The lowest BCUT2D eigenvalue weighted by molar-refractivity contribution is 0.329. The maximum atomic E-state index is 12.7. The predicted octanol–water partition coefficient (Wildman–Crippen LogP) is 1.87. The van der Waals surface area contributed by atoms with Crippen LogP contribution < -0.4 is 9.46 Å². The number of ether oxygens (including phenoxy) is 1. The number of fused-ring (bicyclic) bond motifs is 1. The lowest BCUT2D eigenvalue weighted by atomic mass is 10.3. The first kappa shape index (κ1) is 16.2. The Kier molecular flexibility index (Phi) is 4.10. The average molecular weight is 347 g/mol. The fourth-order valence-corrected chi connectivity index (χ4v) is 3.39. The molecule has 3 heterocycles. The van der Waals surface area contributed by atoms with Crippen LogP contribution in [-0.4, -0.2) is 34.8 Å². The third-order valence-corrected chi connectivity index (χ3v) is 4.78. The van der Waals surface area contributed by atoms with Crippen molar-refractivity contribution < 1.29 is 13.2 Å². The highest BCUT2D eigenvalue weighted by molar-refractivity contribution is 7.92. The molecule has 0 spiro atoms. The van der Waals surface area contributed by atoms with E-state index in [2.05, 4.69) is 19.8 Å². The van der Waals surface area contributed by atoms with E-state index in [1.807, 2.05) is 6.92 Å². The molecule has 9 heteroatoms. The monoisotopic (exact) mass is 347 g/mol. The zero-order valence-electron chi connectivity index (χ0n) is 13.5. The largest absolute Gasteiger partial charge is 0.476 e. The zero-order valence-corrected chi connectivity index (χ0v) is 14.3. The molecule has 24 heavy (non-hydrogen) atoms. The molecule has 0 saturated carbocycles. The van der Waals surface area contributed by atoms with Gasteiger partial charge in [0.2, 0.25) is 5.88 Å². The van der Waals surface area contributed by atoms with Gasteiger partial charge in [-0.2, -0.15) is 5.10 Å². The van der Waals surface area contributed by atoms with Gasteiger partial charge in [0.25, 0.3) is 10.0 Å². The van der Waals surface area contributed by atoms with Crippen LogP contribution in [0.2, 0.25) is 0 Å². The molecule has 0 aliphatic carbocycles. The van der Waals surface area contributed by atoms with Gasteiger partial charge >= 0.3 is 0 Å². The molecule has 126 valence electrons. The van der Waals surface area contributed by atoms with E-state index in [0.29, 0.717) is 23.3 Å². The van der Waals surface area contributed by atoms with Crippen molar-refractivity contribution in [2.45, 2.75) is 18.7 Å². The number of aryl methyl sites for hydroxylation is 2. The summed E-state index contributed by atoms with van der Waals surface area (Å²) in [6.45, 7) is 3.99. The Hall–Kier alpha value is -2.68. The number of hydrogen-bond donors (Lipinski definition) is 1. The van der Waals surface area contributed by atoms with Crippen molar-refractivity contribution in [1.29, 1.82) is 0 Å². The van der Waals surface area contributed by atoms with Gasteiger partial charge in [0.15, 0.2) is 5.65 Å². The van der Waals surface area contributed by atoms with Gasteiger partial charge in [0, 0.05) is 24.8 Å². The number of hydrogen-bond acceptors (Lipinski definition) is 6. The summed E-state index contributed by atoms with van der Waals surface area (Å²) in [6, 6.07) is 4.79. The Balaban J connectivity index is 2.01. The Morgan fingerprint density at radius 1 is 1.33 bits per heavy atom. The van der Waals surface area contributed by atoms with Crippen molar-refractivity contribution in [3.8, 4) is 5.88 Å². The van der Waals surface area contributed by atoms with Gasteiger partial charge < -0.3 is 4.74 Å². The highest BCUT2D eigenvalue weighted by atomic mass is 32.2. The number of anilines is 1. The van der Waals surface area contributed by atoms with Crippen LogP contribution in [0.3, 0.4) is 0 Å². The molecule has 1 N–H and O–H groups in total. The topological polar surface area (TPSA) is 99.0 Å². The number of pyridine rings is 2. The van der Waals surface area contributed by atoms with Crippen molar-refractivity contribution in [3.63, 3.8) is 0 Å². The molecule has 0 fully saturated rings. The summed E-state index contributed by atoms with van der Waals surface area (Å²) in [6.07, 6.45) is 2.85. The molecule has 0 aliphatic heterocycles. The Bertz CT molecular complexity index is 998. The molecule has 8 nitrogen and oxygen atoms in total. The van der Waals surface area contributed by atoms with Gasteiger partial charge in [-0.15, -0.1) is 0 Å². The molecule has 0 atom stereocenters. The Labute approximate surface area is 139 Å². The Morgan fingerprint density at radius 2 is 2.12 bits per heavy atom. The van der Waals surface area contributed by atoms with E-state index in [1.165, 1.54) is 12.4 Å². The van der Waals surface area contributed by atoms with Crippen LogP contribution in [-0.2, 0) is 17.1 Å². The van der Waals surface area contributed by atoms with Crippen molar-refractivity contribution in [1.82, 2.24) is 19.7 Å². The van der Waals surface area contributed by atoms with E-state index in [1.54, 1.807) is 36.9 Å². The van der Waals surface area contributed by atoms with E-state index in [4.69, 9.17) is 4.74 Å². The van der Waals surface area contributed by atoms with Crippen LogP contribution >= 0.6 is 0 Å². The molecule has 0 bridgehead atoms. The standard InChI is InChI=1S/C15H17N5O3S/c1-4-23-15-13(6-5-7-16-15)19-24(21,22)11-8-12-10(2)18-20(3)14(12)17-9-11/h5-9,19H,4H2,1-3H3. The number of nitrogens with zero attached hydrogens (tertiary/aromatic N) is 4. The van der Waals surface area contributed by atoms with Gasteiger partial charge in [-0.3, -0.25) is 9.40 Å². The lowest BCUT2D eigenvalue weighted by Gasteiger charge is -2.11. The number of rotatable bonds is 5. The summed E-state index contributed by atoms with van der Waals surface area (Å²) in [5, 5.41) is 4.94. The smallest absolute Gasteiger partial charge is 0.263 e. The molecule has 3 rings (SSSR count). The molecule has 0 aromatic carbocycles. The minimum absolute atomic E-state index is 0.0531. The predicted molar refractivity (Wildman–Crippen MR) is 89.5 cm³/mol. The molecule has 3 aromatic heterocycles. The van der Waals surface area contributed by atoms with Gasteiger partial charge in [-0.1, -0.05) is 0 Å². The van der Waals surface area contributed by atoms with E-state index < -0.39 is 10.0 Å². The van der Waals surface area contributed by atoms with Crippen LogP contribution in [0.15, 0.2) is 35.5 Å². The van der Waals surface area contributed by atoms with Gasteiger partial charge in [0.1, 0.15) is 10.6 Å². The van der Waals surface area contributed by atoms with Crippen LogP contribution in [0.5, 0.6) is 5.88 Å². The summed E-state index contributed by atoms with van der Waals surface area (Å²) >= 11 is 0. The number of sulfonamides is 1. The van der Waals surface area contributed by atoms with Crippen molar-refractivity contribution in [2.75, 3.05) is 11.3 Å². The van der Waals surface area contributed by atoms with Gasteiger partial charge in [-0.25, -0.2) is 18.4 Å². The second-order valence-corrected chi connectivity index (χ2v) is 6.83. The number of nitrogens with one attached hydrogen (secondary N) is 1. The highest BCUT2D eigenvalue weighted by Gasteiger charge is 2.19. The first-order valence-corrected chi connectivity index (χ1v) is 8.80. The SMILES string of the molecule is CCOc1ncccc1NS(=O)(=O)c1cnc2c(c1)c(C)nn2C. The third-order valence-electron chi connectivity index (χ3n) is 3.44. The normalized spacial score (nSPS) is 11.6. The second-order valence-electron chi connectivity index (χ2n) is 5.15.